The van der Waals surface area contributed by atoms with Gasteiger partial charge in [0.25, 0.3) is 0 Å². The minimum Gasteiger partial charge on any atom is -0.460 e. The van der Waals surface area contributed by atoms with Gasteiger partial charge < -0.3 is 34.9 Å². The van der Waals surface area contributed by atoms with Crippen LogP contribution in [0.1, 0.15) is 66.7 Å². The number of esters is 1. The molecular weight excluding hydrogens is 466 g/mol. The molecule has 204 valence electrons. The molecule has 3 heterocycles. The Balaban J connectivity index is 1.88. The second kappa shape index (κ2) is 12.8. The third kappa shape index (κ3) is 7.46. The smallest absolute Gasteiger partial charge is 0.308 e. The summed E-state index contributed by atoms with van der Waals surface area (Å²) < 4.78 is 23.0. The number of hydrogen-bond donors (Lipinski definition) is 3. The van der Waals surface area contributed by atoms with E-state index in [1.165, 1.54) is 0 Å². The predicted octanol–water partition coefficient (Wildman–Crippen LogP) is 2.38. The third-order valence-electron chi connectivity index (χ3n) is 7.60. The minimum atomic E-state index is -1.06. The van der Waals surface area contributed by atoms with Crippen LogP contribution in [-0.2, 0) is 28.5 Å². The molecular formula is C27H43NO8. The van der Waals surface area contributed by atoms with E-state index in [2.05, 4.69) is 0 Å². The number of aliphatic hydroxyl groups excluding tert-OH is 2. The van der Waals surface area contributed by atoms with E-state index in [0.29, 0.717) is 25.7 Å². The zero-order valence-corrected chi connectivity index (χ0v) is 22.0. The molecule has 0 bridgehead atoms. The average molecular weight is 510 g/mol. The number of nitrogens with two attached hydrogens (primary N) is 1. The molecule has 0 saturated carbocycles. The van der Waals surface area contributed by atoms with Crippen LogP contribution in [0.5, 0.6) is 0 Å². The molecule has 3 rings (SSSR count). The summed E-state index contributed by atoms with van der Waals surface area (Å²) in [6.07, 6.45) is 2.46. The molecule has 4 unspecified atom stereocenters. The predicted molar refractivity (Wildman–Crippen MR) is 132 cm³/mol. The van der Waals surface area contributed by atoms with Crippen LogP contribution in [-0.4, -0.2) is 71.1 Å². The molecule has 2 fully saturated rings. The van der Waals surface area contributed by atoms with Gasteiger partial charge in [-0.3, -0.25) is 9.59 Å². The van der Waals surface area contributed by atoms with Crippen molar-refractivity contribution in [3.05, 3.63) is 23.8 Å². The molecule has 11 atom stereocenters. The standard InChI is InChI=1S/C27H43NO8/c1-6-17-11-15(4)19(29)9-8-14(3)10-18(28)22(7-2)33-24(32)13-20(30)16(5)25(17)35-26-21(31)12-23-27(34-23)36-26/h8-10,15-18,20-23,25-27,30-31H,6-7,11-13,28H2,1-5H3/b9-8+,14-10+/t15-,16+,17+,18+,20-,21?,22-,23?,25-,26?,27?/m1/s1. The van der Waals surface area contributed by atoms with Gasteiger partial charge in [-0.1, -0.05) is 51.8 Å². The van der Waals surface area contributed by atoms with Crippen LogP contribution < -0.4 is 5.73 Å². The van der Waals surface area contributed by atoms with Gasteiger partial charge in [0.15, 0.2) is 18.4 Å². The first kappa shape index (κ1) is 28.9. The number of fused-ring (bicyclic) bond motifs is 1. The van der Waals surface area contributed by atoms with Gasteiger partial charge in [-0.25, -0.2) is 0 Å². The third-order valence-corrected chi connectivity index (χ3v) is 7.60. The fraction of sp³-hybridized carbons (Fsp3) is 0.778. The lowest BCUT2D eigenvalue weighted by atomic mass is 9.80. The Morgan fingerprint density at radius 2 is 1.78 bits per heavy atom. The SMILES string of the molecule is CC[C@H]1C[C@@H](C)C(=O)/C=C/C(C)=C/[C@H](N)[C@@H](CC)OC(=O)C[C@@H](O)[C@H](C)[C@H]1OC1OC2OC2CC1O. The number of ether oxygens (including phenoxy) is 4. The van der Waals surface area contributed by atoms with Crippen LogP contribution >= 0.6 is 0 Å². The molecule has 0 aromatic heterocycles. The Hall–Kier alpha value is -1.62. The van der Waals surface area contributed by atoms with Gasteiger partial charge in [-0.15, -0.1) is 0 Å². The Morgan fingerprint density at radius 1 is 1.06 bits per heavy atom. The number of epoxide rings is 1. The average Bonchev–Trinajstić information content (AvgIpc) is 3.59. The summed E-state index contributed by atoms with van der Waals surface area (Å²) in [6.45, 7) is 9.40. The van der Waals surface area contributed by atoms with Crippen molar-refractivity contribution < 1.29 is 38.7 Å². The van der Waals surface area contributed by atoms with Crippen molar-refractivity contribution in [2.24, 2.45) is 23.5 Å². The highest BCUT2D eigenvalue weighted by atomic mass is 16.8. The van der Waals surface area contributed by atoms with Gasteiger partial charge in [-0.2, -0.15) is 0 Å². The van der Waals surface area contributed by atoms with E-state index in [1.807, 2.05) is 34.6 Å². The lowest BCUT2D eigenvalue weighted by molar-refractivity contribution is -0.260. The highest BCUT2D eigenvalue weighted by Gasteiger charge is 2.51. The van der Waals surface area contributed by atoms with Crippen molar-refractivity contribution in [1.29, 1.82) is 0 Å². The minimum absolute atomic E-state index is 0.0181. The first-order valence-electron chi connectivity index (χ1n) is 13.2. The molecule has 9 nitrogen and oxygen atoms in total. The Labute approximate surface area is 214 Å². The quantitative estimate of drug-likeness (QED) is 0.385. The first-order chi connectivity index (χ1) is 17.0. The van der Waals surface area contributed by atoms with Crippen LogP contribution in [0.3, 0.4) is 0 Å². The number of carbonyl (C=O) groups is 2. The maximum absolute atomic E-state index is 12.9. The molecule has 0 aromatic rings. The summed E-state index contributed by atoms with van der Waals surface area (Å²) in [6, 6.07) is -0.544. The van der Waals surface area contributed by atoms with E-state index in [1.54, 1.807) is 18.2 Å². The molecule has 36 heavy (non-hydrogen) atoms. The number of carbonyl (C=O) groups excluding carboxylic acids is 2. The molecule has 0 radical (unpaired) electrons. The Bertz CT molecular complexity index is 829. The van der Waals surface area contributed by atoms with Crippen LogP contribution in [0, 0.1) is 17.8 Å². The summed E-state index contributed by atoms with van der Waals surface area (Å²) in [5.41, 5.74) is 7.06. The van der Waals surface area contributed by atoms with Crippen molar-refractivity contribution in [2.75, 3.05) is 0 Å². The van der Waals surface area contributed by atoms with Crippen LogP contribution in [0.25, 0.3) is 0 Å². The van der Waals surface area contributed by atoms with E-state index < -0.39 is 54.9 Å². The second-order valence-electron chi connectivity index (χ2n) is 10.5. The first-order valence-corrected chi connectivity index (χ1v) is 13.2. The van der Waals surface area contributed by atoms with Crippen molar-refractivity contribution >= 4 is 11.8 Å². The lowest BCUT2D eigenvalue weighted by Gasteiger charge is -2.38. The number of cyclic esters (lactones) is 1. The molecule has 0 aliphatic carbocycles. The van der Waals surface area contributed by atoms with Gasteiger partial charge >= 0.3 is 5.97 Å². The Morgan fingerprint density at radius 3 is 2.44 bits per heavy atom. The maximum Gasteiger partial charge on any atom is 0.308 e. The zero-order valence-electron chi connectivity index (χ0n) is 22.0. The van der Waals surface area contributed by atoms with Crippen LogP contribution in [0.4, 0.5) is 0 Å². The summed E-state index contributed by atoms with van der Waals surface area (Å²) >= 11 is 0. The number of ketones is 1. The van der Waals surface area contributed by atoms with E-state index in [-0.39, 0.29) is 30.1 Å². The highest BCUT2D eigenvalue weighted by molar-refractivity contribution is 5.91. The van der Waals surface area contributed by atoms with Crippen molar-refractivity contribution in [3.63, 3.8) is 0 Å². The van der Waals surface area contributed by atoms with Crippen molar-refractivity contribution in [3.8, 4) is 0 Å². The fourth-order valence-corrected chi connectivity index (χ4v) is 5.10. The molecule has 0 spiro atoms. The summed E-state index contributed by atoms with van der Waals surface area (Å²) in [5, 5.41) is 21.6. The molecule has 3 aliphatic heterocycles. The summed E-state index contributed by atoms with van der Waals surface area (Å²) in [7, 11) is 0. The van der Waals surface area contributed by atoms with Crippen molar-refractivity contribution in [1.82, 2.24) is 0 Å². The second-order valence-corrected chi connectivity index (χ2v) is 10.5. The summed E-state index contributed by atoms with van der Waals surface area (Å²) in [5.74, 6) is -1.48. The van der Waals surface area contributed by atoms with Gasteiger partial charge in [-0.05, 0) is 31.8 Å². The van der Waals surface area contributed by atoms with Gasteiger partial charge in [0.2, 0.25) is 0 Å². The van der Waals surface area contributed by atoms with E-state index in [4.69, 9.17) is 24.7 Å². The van der Waals surface area contributed by atoms with Crippen LogP contribution in [0.2, 0.25) is 0 Å². The van der Waals surface area contributed by atoms with Crippen LogP contribution in [0.15, 0.2) is 23.8 Å². The lowest BCUT2D eigenvalue weighted by Crippen LogP contribution is -2.47. The van der Waals surface area contributed by atoms with Gasteiger partial charge in [0.1, 0.15) is 18.3 Å². The number of rotatable bonds is 4. The molecule has 9 heteroatoms. The maximum atomic E-state index is 12.9. The van der Waals surface area contributed by atoms with Crippen molar-refractivity contribution in [2.45, 2.75) is 116 Å². The highest BCUT2D eigenvalue weighted by Crippen LogP contribution is 2.38. The Kier molecular flexibility index (Phi) is 10.3. The number of allylic oxidation sites excluding steroid dienone is 3. The number of aliphatic hydroxyl groups is 2. The number of hydrogen-bond acceptors (Lipinski definition) is 9. The van der Waals surface area contributed by atoms with Gasteiger partial charge in [0, 0.05) is 18.3 Å². The molecule has 0 aromatic carbocycles. The zero-order chi connectivity index (χ0) is 26.6. The molecule has 3 aliphatic rings. The van der Waals surface area contributed by atoms with E-state index >= 15 is 0 Å². The largest absolute Gasteiger partial charge is 0.460 e. The van der Waals surface area contributed by atoms with E-state index in [0.717, 1.165) is 5.57 Å². The summed E-state index contributed by atoms with van der Waals surface area (Å²) in [4.78, 5) is 25.6. The topological polar surface area (TPSA) is 141 Å². The van der Waals surface area contributed by atoms with Gasteiger partial charge in [0.05, 0.1) is 24.7 Å². The molecule has 2 saturated heterocycles. The normalized spacial score (nSPS) is 45.2. The molecule has 4 N–H and O–H groups in total. The fourth-order valence-electron chi connectivity index (χ4n) is 5.10. The molecule has 0 amide bonds. The van der Waals surface area contributed by atoms with E-state index in [9.17, 15) is 19.8 Å². The monoisotopic (exact) mass is 509 g/mol.